The number of hydrogen-bond acceptors (Lipinski definition) is 4. The predicted octanol–water partition coefficient (Wildman–Crippen LogP) is 7.37. The third-order valence-corrected chi connectivity index (χ3v) is 7.87. The molecule has 0 N–H and O–H groups in total. The van der Waals surface area contributed by atoms with Crippen molar-refractivity contribution in [3.63, 3.8) is 0 Å². The molecule has 3 aromatic rings. The Hall–Kier alpha value is -3.08. The van der Waals surface area contributed by atoms with Gasteiger partial charge in [0.15, 0.2) is 0 Å². The zero-order valence-electron chi connectivity index (χ0n) is 20.0. The first-order chi connectivity index (χ1) is 17.3. The molecule has 1 atom stereocenters. The second-order valence-electron chi connectivity index (χ2n) is 9.11. The number of aldehydes is 1. The lowest BCUT2D eigenvalue weighted by atomic mass is 9.76. The van der Waals surface area contributed by atoms with E-state index in [4.69, 9.17) is 0 Å². The summed E-state index contributed by atoms with van der Waals surface area (Å²) in [7, 11) is 0. The van der Waals surface area contributed by atoms with Gasteiger partial charge in [-0.25, -0.2) is 0 Å². The molecular formula is C29H27F3N2OS. The van der Waals surface area contributed by atoms with Gasteiger partial charge >= 0.3 is 6.18 Å². The van der Waals surface area contributed by atoms with Crippen LogP contribution < -0.4 is 0 Å². The van der Waals surface area contributed by atoms with E-state index < -0.39 is 11.7 Å². The van der Waals surface area contributed by atoms with Gasteiger partial charge in [-0.3, -0.25) is 9.10 Å². The van der Waals surface area contributed by atoms with Crippen molar-refractivity contribution < 1.29 is 18.0 Å². The van der Waals surface area contributed by atoms with Crippen molar-refractivity contribution in [2.75, 3.05) is 19.3 Å². The van der Waals surface area contributed by atoms with E-state index in [9.17, 15) is 23.2 Å². The lowest BCUT2D eigenvalue weighted by Crippen LogP contribution is -2.32. The quantitative estimate of drug-likeness (QED) is 0.247. The molecule has 186 valence electrons. The van der Waals surface area contributed by atoms with Gasteiger partial charge in [-0.05, 0) is 71.7 Å². The lowest BCUT2D eigenvalue weighted by molar-refractivity contribution is -0.137. The number of nitrogens with zero attached hydrogens (tertiary/aromatic N) is 2. The van der Waals surface area contributed by atoms with Gasteiger partial charge in [0.1, 0.15) is 6.29 Å². The van der Waals surface area contributed by atoms with Gasteiger partial charge in [0.25, 0.3) is 0 Å². The van der Waals surface area contributed by atoms with Gasteiger partial charge in [-0.2, -0.15) is 18.4 Å². The van der Waals surface area contributed by atoms with Crippen LogP contribution in [0.4, 0.5) is 13.2 Å². The van der Waals surface area contributed by atoms with E-state index in [0.717, 1.165) is 48.9 Å². The second-order valence-corrected chi connectivity index (χ2v) is 10.00. The van der Waals surface area contributed by atoms with E-state index in [1.807, 2.05) is 36.6 Å². The molecule has 0 saturated carbocycles. The minimum atomic E-state index is -4.58. The Labute approximate surface area is 214 Å². The summed E-state index contributed by atoms with van der Waals surface area (Å²) in [5.41, 5.74) is 3.04. The molecule has 0 aromatic heterocycles. The minimum absolute atomic E-state index is 0.101. The topological polar surface area (TPSA) is 44.1 Å². The molecule has 36 heavy (non-hydrogen) atoms. The zero-order chi connectivity index (χ0) is 25.7. The van der Waals surface area contributed by atoms with Crippen LogP contribution in [0.1, 0.15) is 51.4 Å². The summed E-state index contributed by atoms with van der Waals surface area (Å²) in [6.45, 7) is 1.79. The average molecular weight is 509 g/mol. The Balaban J connectivity index is 1.69. The van der Waals surface area contributed by atoms with Crippen molar-refractivity contribution in [1.29, 1.82) is 5.26 Å². The van der Waals surface area contributed by atoms with Gasteiger partial charge in [0, 0.05) is 18.7 Å². The number of rotatable bonds is 7. The number of carbonyl (C=O) groups excluding carboxylic acids is 1. The predicted molar refractivity (Wildman–Crippen MR) is 138 cm³/mol. The average Bonchev–Trinajstić information content (AvgIpc) is 2.91. The monoisotopic (exact) mass is 508 g/mol. The van der Waals surface area contributed by atoms with Crippen molar-refractivity contribution in [1.82, 2.24) is 4.31 Å². The summed E-state index contributed by atoms with van der Waals surface area (Å²) in [6, 6.07) is 21.3. The molecule has 0 spiro atoms. The maximum Gasteiger partial charge on any atom is 0.417 e. The Morgan fingerprint density at radius 3 is 2.39 bits per heavy atom. The largest absolute Gasteiger partial charge is 0.417 e. The first-order valence-corrected chi connectivity index (χ1v) is 13.1. The van der Waals surface area contributed by atoms with E-state index in [0.29, 0.717) is 17.5 Å². The maximum atomic E-state index is 13.8. The summed E-state index contributed by atoms with van der Waals surface area (Å²) in [5.74, 6) is 0.133. The van der Waals surface area contributed by atoms with Crippen molar-refractivity contribution in [3.05, 3.63) is 94.5 Å². The number of nitriles is 1. The van der Waals surface area contributed by atoms with Crippen LogP contribution in [0, 0.1) is 17.2 Å². The molecule has 3 nitrogen and oxygen atoms in total. The Morgan fingerprint density at radius 2 is 1.78 bits per heavy atom. The zero-order valence-corrected chi connectivity index (χ0v) is 20.8. The van der Waals surface area contributed by atoms with Gasteiger partial charge in [0.05, 0.1) is 17.2 Å². The van der Waals surface area contributed by atoms with E-state index in [2.05, 4.69) is 10.4 Å². The van der Waals surface area contributed by atoms with Gasteiger partial charge in [-0.1, -0.05) is 66.5 Å². The van der Waals surface area contributed by atoms with Crippen LogP contribution in [0.5, 0.6) is 0 Å². The first kappa shape index (κ1) is 26.0. The molecule has 1 unspecified atom stereocenters. The fourth-order valence-corrected chi connectivity index (χ4v) is 5.60. The van der Waals surface area contributed by atoms with E-state index >= 15 is 0 Å². The number of alkyl halides is 3. The number of piperidine rings is 1. The van der Waals surface area contributed by atoms with Crippen molar-refractivity contribution >= 4 is 18.2 Å². The minimum Gasteiger partial charge on any atom is -0.298 e. The molecule has 1 aliphatic rings. The maximum absolute atomic E-state index is 13.8. The standard InChI is InChI=1S/C29H27F3N2OS/c1-36-34-13-11-23(12-14-34)27(25-9-10-26(18-33)28(17-25)29(30,31)32)16-21-3-2-4-24(15-21)22-7-5-20(19-35)6-8-22/h2-10,15,17,19,23,27H,11-14,16H2,1H3. The lowest BCUT2D eigenvalue weighted by Gasteiger charge is -2.35. The van der Waals surface area contributed by atoms with Crippen LogP contribution >= 0.6 is 11.9 Å². The van der Waals surface area contributed by atoms with E-state index in [1.54, 1.807) is 36.2 Å². The third kappa shape index (κ3) is 6.00. The molecule has 0 radical (unpaired) electrons. The fourth-order valence-electron chi connectivity index (χ4n) is 5.03. The number of halogens is 3. The Morgan fingerprint density at radius 1 is 1.06 bits per heavy atom. The molecule has 1 fully saturated rings. The van der Waals surface area contributed by atoms with Crippen LogP contribution in [-0.4, -0.2) is 29.9 Å². The molecule has 3 aromatic carbocycles. The van der Waals surface area contributed by atoms with Crippen molar-refractivity contribution in [2.45, 2.75) is 31.4 Å². The SMILES string of the molecule is CSN1CCC(C(Cc2cccc(-c3ccc(C=O)cc3)c2)c2ccc(C#N)c(C(F)(F)F)c2)CC1. The first-order valence-electron chi connectivity index (χ1n) is 11.9. The summed E-state index contributed by atoms with van der Waals surface area (Å²) in [6.07, 6.45) is 0.676. The summed E-state index contributed by atoms with van der Waals surface area (Å²) < 4.78 is 43.6. The molecule has 0 amide bonds. The van der Waals surface area contributed by atoms with Crippen LogP contribution in [0.2, 0.25) is 0 Å². The highest BCUT2D eigenvalue weighted by molar-refractivity contribution is 7.96. The van der Waals surface area contributed by atoms with Crippen molar-refractivity contribution in [2.24, 2.45) is 5.92 Å². The molecule has 4 rings (SSSR count). The van der Waals surface area contributed by atoms with Crippen LogP contribution in [-0.2, 0) is 12.6 Å². The molecule has 7 heteroatoms. The van der Waals surface area contributed by atoms with Crippen LogP contribution in [0.25, 0.3) is 11.1 Å². The molecule has 0 aliphatic carbocycles. The number of hydrogen-bond donors (Lipinski definition) is 0. The van der Waals surface area contributed by atoms with Crippen LogP contribution in [0.15, 0.2) is 66.7 Å². The second kappa shape index (κ2) is 11.3. The molecule has 1 heterocycles. The summed E-state index contributed by atoms with van der Waals surface area (Å²) in [5, 5.41) is 9.25. The van der Waals surface area contributed by atoms with E-state index in [1.165, 1.54) is 12.1 Å². The molecule has 1 aliphatic heterocycles. The molecular weight excluding hydrogens is 481 g/mol. The summed E-state index contributed by atoms with van der Waals surface area (Å²) >= 11 is 1.70. The Kier molecular flexibility index (Phi) is 8.17. The van der Waals surface area contributed by atoms with Crippen LogP contribution in [0.3, 0.4) is 0 Å². The fraction of sp³-hybridized carbons (Fsp3) is 0.310. The van der Waals surface area contributed by atoms with Gasteiger partial charge in [0.2, 0.25) is 0 Å². The molecule has 0 bridgehead atoms. The highest BCUT2D eigenvalue weighted by atomic mass is 32.2. The normalized spacial score (nSPS) is 15.9. The summed E-state index contributed by atoms with van der Waals surface area (Å²) in [4.78, 5) is 11.0. The van der Waals surface area contributed by atoms with E-state index in [-0.39, 0.29) is 17.4 Å². The smallest absolute Gasteiger partial charge is 0.298 e. The molecule has 1 saturated heterocycles. The number of carbonyl (C=O) groups is 1. The Bertz CT molecular complexity index is 1240. The third-order valence-electron chi connectivity index (χ3n) is 6.99. The van der Waals surface area contributed by atoms with Gasteiger partial charge in [-0.15, -0.1) is 0 Å². The number of benzene rings is 3. The van der Waals surface area contributed by atoms with Gasteiger partial charge < -0.3 is 0 Å². The highest BCUT2D eigenvalue weighted by Crippen LogP contribution is 2.40. The highest BCUT2D eigenvalue weighted by Gasteiger charge is 2.35. The van der Waals surface area contributed by atoms with Crippen molar-refractivity contribution in [3.8, 4) is 17.2 Å².